The van der Waals surface area contributed by atoms with Gasteiger partial charge in [0, 0.05) is 56.1 Å². The van der Waals surface area contributed by atoms with Gasteiger partial charge in [0.2, 0.25) is 0 Å². The number of anilines is 1. The molecule has 4 rings (SSSR count). The molecule has 2 aliphatic rings. The van der Waals surface area contributed by atoms with Gasteiger partial charge < -0.3 is 24.7 Å². The largest absolute Gasteiger partial charge is 0.431 e. The molecule has 0 bridgehead atoms. The molecule has 0 amide bonds. The topological polar surface area (TPSA) is 78.4 Å². The van der Waals surface area contributed by atoms with E-state index in [2.05, 4.69) is 25.8 Å². The molecule has 30 heavy (non-hydrogen) atoms. The Morgan fingerprint density at radius 1 is 1.33 bits per heavy atom. The third-order valence-electron chi connectivity index (χ3n) is 5.52. The highest BCUT2D eigenvalue weighted by molar-refractivity contribution is 5.63. The highest BCUT2D eigenvalue weighted by Gasteiger charge is 2.25. The van der Waals surface area contributed by atoms with Gasteiger partial charge in [0.05, 0.1) is 18.9 Å². The SMILES string of the molecule is C=C(CCn1cc(-c2cnc(N)c(OC(F)F)c2)nc1CC1CC1)N1CCOCC1. The first-order chi connectivity index (χ1) is 14.5. The van der Waals surface area contributed by atoms with E-state index < -0.39 is 6.61 Å². The molecule has 2 N–H and O–H groups in total. The molecular weight excluding hydrogens is 392 g/mol. The predicted molar refractivity (Wildman–Crippen MR) is 109 cm³/mol. The summed E-state index contributed by atoms with van der Waals surface area (Å²) in [5.41, 5.74) is 8.02. The molecule has 1 aliphatic heterocycles. The minimum absolute atomic E-state index is 0.0708. The summed E-state index contributed by atoms with van der Waals surface area (Å²) in [6.07, 6.45) is 7.65. The monoisotopic (exact) mass is 419 g/mol. The van der Waals surface area contributed by atoms with Gasteiger partial charge in [-0.1, -0.05) is 6.58 Å². The second-order valence-corrected chi connectivity index (χ2v) is 7.78. The Morgan fingerprint density at radius 2 is 2.10 bits per heavy atom. The number of hydrogen-bond acceptors (Lipinski definition) is 6. The number of imidazole rings is 1. The number of aromatic nitrogens is 3. The molecule has 2 fully saturated rings. The highest BCUT2D eigenvalue weighted by atomic mass is 19.3. The van der Waals surface area contributed by atoms with Gasteiger partial charge in [-0.3, -0.25) is 0 Å². The Bertz CT molecular complexity index is 892. The van der Waals surface area contributed by atoms with Crippen molar-refractivity contribution in [3.63, 3.8) is 0 Å². The number of allylic oxidation sites excluding steroid dienone is 1. The third-order valence-corrected chi connectivity index (χ3v) is 5.52. The van der Waals surface area contributed by atoms with Crippen LogP contribution in [-0.4, -0.2) is 52.3 Å². The number of rotatable bonds is 9. The first-order valence-corrected chi connectivity index (χ1v) is 10.3. The molecule has 1 saturated heterocycles. The van der Waals surface area contributed by atoms with Gasteiger partial charge in [-0.15, -0.1) is 0 Å². The zero-order valence-electron chi connectivity index (χ0n) is 16.9. The van der Waals surface area contributed by atoms with E-state index >= 15 is 0 Å². The van der Waals surface area contributed by atoms with Gasteiger partial charge in [0.15, 0.2) is 11.6 Å². The number of nitrogen functional groups attached to an aromatic ring is 1. The molecule has 0 aromatic carbocycles. The lowest BCUT2D eigenvalue weighted by molar-refractivity contribution is -0.0494. The number of halogens is 2. The van der Waals surface area contributed by atoms with E-state index in [9.17, 15) is 8.78 Å². The van der Waals surface area contributed by atoms with E-state index in [1.54, 1.807) is 0 Å². The second kappa shape index (κ2) is 8.99. The number of pyridine rings is 1. The number of aryl methyl sites for hydroxylation is 1. The van der Waals surface area contributed by atoms with Crippen LogP contribution in [0.5, 0.6) is 5.75 Å². The second-order valence-electron chi connectivity index (χ2n) is 7.78. The maximum absolute atomic E-state index is 12.6. The van der Waals surface area contributed by atoms with Crippen molar-refractivity contribution in [3.8, 4) is 17.0 Å². The molecule has 0 spiro atoms. The number of nitrogens with zero attached hydrogens (tertiary/aromatic N) is 4. The van der Waals surface area contributed by atoms with Crippen molar-refractivity contribution in [3.05, 3.63) is 36.6 Å². The van der Waals surface area contributed by atoms with Gasteiger partial charge in [-0.25, -0.2) is 9.97 Å². The van der Waals surface area contributed by atoms with E-state index in [1.165, 1.54) is 25.1 Å². The zero-order valence-corrected chi connectivity index (χ0v) is 16.9. The molecule has 0 atom stereocenters. The van der Waals surface area contributed by atoms with Gasteiger partial charge in [-0.2, -0.15) is 8.78 Å². The molecule has 2 aromatic rings. The Kier molecular flexibility index (Phi) is 6.17. The summed E-state index contributed by atoms with van der Waals surface area (Å²) in [6.45, 7) is 5.23. The lowest BCUT2D eigenvalue weighted by atomic mass is 10.2. The first-order valence-electron chi connectivity index (χ1n) is 10.3. The van der Waals surface area contributed by atoms with Crippen LogP contribution in [0.3, 0.4) is 0 Å². The van der Waals surface area contributed by atoms with Gasteiger partial charge in [0.1, 0.15) is 5.82 Å². The number of morpholine rings is 1. The fourth-order valence-electron chi connectivity index (χ4n) is 3.60. The summed E-state index contributed by atoms with van der Waals surface area (Å²) in [4.78, 5) is 11.0. The molecule has 1 aliphatic carbocycles. The van der Waals surface area contributed by atoms with Gasteiger partial charge >= 0.3 is 6.61 Å². The summed E-state index contributed by atoms with van der Waals surface area (Å²) in [5, 5.41) is 0. The fourth-order valence-corrected chi connectivity index (χ4v) is 3.60. The average Bonchev–Trinajstić information content (AvgIpc) is 3.46. The normalized spacial score (nSPS) is 16.8. The minimum atomic E-state index is -2.96. The van der Waals surface area contributed by atoms with Gasteiger partial charge in [0.25, 0.3) is 0 Å². The van der Waals surface area contributed by atoms with Crippen molar-refractivity contribution < 1.29 is 18.3 Å². The standard InChI is InChI=1S/C21H27F2N5O2/c1-14(27-6-8-29-9-7-27)4-5-28-13-17(26-19(28)10-15-2-3-15)16-11-18(30-21(22)23)20(24)25-12-16/h11-13,15,21H,1-10H2,(H2,24,25). The quantitative estimate of drug-likeness (QED) is 0.672. The Balaban J connectivity index is 1.52. The number of hydrogen-bond donors (Lipinski definition) is 1. The van der Waals surface area contributed by atoms with Crippen LogP contribution in [0.4, 0.5) is 14.6 Å². The van der Waals surface area contributed by atoms with E-state index in [4.69, 9.17) is 15.5 Å². The maximum atomic E-state index is 12.6. The van der Waals surface area contributed by atoms with E-state index in [-0.39, 0.29) is 11.6 Å². The first kappa shape index (κ1) is 20.6. The van der Waals surface area contributed by atoms with Crippen LogP contribution < -0.4 is 10.5 Å². The maximum Gasteiger partial charge on any atom is 0.387 e. The molecule has 162 valence electrons. The molecule has 2 aromatic heterocycles. The smallest absolute Gasteiger partial charge is 0.387 e. The van der Waals surface area contributed by atoms with Crippen LogP contribution in [-0.2, 0) is 17.7 Å². The van der Waals surface area contributed by atoms with Crippen molar-refractivity contribution in [1.29, 1.82) is 0 Å². The molecular formula is C21H27F2N5O2. The lowest BCUT2D eigenvalue weighted by Gasteiger charge is -2.30. The fraction of sp³-hybridized carbons (Fsp3) is 0.524. The number of alkyl halides is 2. The molecule has 0 unspecified atom stereocenters. The van der Waals surface area contributed by atoms with Crippen LogP contribution in [0.15, 0.2) is 30.7 Å². The lowest BCUT2D eigenvalue weighted by Crippen LogP contribution is -2.35. The van der Waals surface area contributed by atoms with Crippen LogP contribution >= 0.6 is 0 Å². The van der Waals surface area contributed by atoms with E-state index in [0.717, 1.165) is 57.2 Å². The Morgan fingerprint density at radius 3 is 2.80 bits per heavy atom. The summed E-state index contributed by atoms with van der Waals surface area (Å²) >= 11 is 0. The molecule has 9 heteroatoms. The minimum Gasteiger partial charge on any atom is -0.431 e. The van der Waals surface area contributed by atoms with E-state index in [1.807, 2.05) is 6.20 Å². The van der Waals surface area contributed by atoms with E-state index in [0.29, 0.717) is 17.2 Å². The summed E-state index contributed by atoms with van der Waals surface area (Å²) in [7, 11) is 0. The number of ether oxygens (including phenoxy) is 2. The molecule has 1 saturated carbocycles. The number of nitrogens with two attached hydrogens (primary N) is 1. The van der Waals surface area contributed by atoms with Crippen molar-refractivity contribution >= 4 is 5.82 Å². The van der Waals surface area contributed by atoms with Gasteiger partial charge in [-0.05, 0) is 24.8 Å². The summed E-state index contributed by atoms with van der Waals surface area (Å²) < 4.78 is 37.3. The average molecular weight is 419 g/mol. The van der Waals surface area contributed by atoms with Crippen molar-refractivity contribution in [2.75, 3.05) is 32.0 Å². The molecule has 0 radical (unpaired) electrons. The Hall–Kier alpha value is -2.68. The summed E-state index contributed by atoms with van der Waals surface area (Å²) in [6, 6.07) is 1.47. The zero-order chi connectivity index (χ0) is 21.1. The van der Waals surface area contributed by atoms with Crippen LogP contribution in [0.25, 0.3) is 11.3 Å². The molecule has 3 heterocycles. The van der Waals surface area contributed by atoms with Crippen molar-refractivity contribution in [1.82, 2.24) is 19.4 Å². The van der Waals surface area contributed by atoms with Crippen molar-refractivity contribution in [2.45, 2.75) is 38.8 Å². The van der Waals surface area contributed by atoms with Crippen LogP contribution in [0.2, 0.25) is 0 Å². The third kappa shape index (κ3) is 5.08. The summed E-state index contributed by atoms with van der Waals surface area (Å²) in [5.74, 6) is 1.46. The predicted octanol–water partition coefficient (Wildman–Crippen LogP) is 3.32. The van der Waals surface area contributed by atoms with Crippen molar-refractivity contribution in [2.24, 2.45) is 5.92 Å². The Labute approximate surface area is 174 Å². The van der Waals surface area contributed by atoms with Crippen LogP contribution in [0.1, 0.15) is 25.1 Å². The van der Waals surface area contributed by atoms with Crippen LogP contribution in [0, 0.1) is 5.92 Å². The highest BCUT2D eigenvalue weighted by Crippen LogP contribution is 2.34. The molecule has 7 nitrogen and oxygen atoms in total.